The molecule has 1 N–H and O–H groups in total. The maximum atomic E-state index is 12.7. The fourth-order valence-corrected chi connectivity index (χ4v) is 3.36. The molecule has 5 heteroatoms. The smallest absolute Gasteiger partial charge is 0.229 e. The van der Waals surface area contributed by atoms with Crippen LogP contribution in [0, 0.1) is 5.41 Å². The highest BCUT2D eigenvalue weighted by Crippen LogP contribution is 2.28. The van der Waals surface area contributed by atoms with Gasteiger partial charge in [-0.2, -0.15) is 0 Å². The summed E-state index contributed by atoms with van der Waals surface area (Å²) in [5.41, 5.74) is 0.957. The standard InChI is InChI=1S/C17H25N3O2/c1-17(6-7-18-13-17)16(21)20-10-8-19(9-11-20)14-4-3-5-15(12-14)22-2/h3-5,12,18H,6-11,13H2,1-2H3. The van der Waals surface area contributed by atoms with Crippen LogP contribution in [0.1, 0.15) is 13.3 Å². The summed E-state index contributed by atoms with van der Waals surface area (Å²) in [5, 5.41) is 3.31. The Hall–Kier alpha value is -1.75. The van der Waals surface area contributed by atoms with Gasteiger partial charge in [0.05, 0.1) is 12.5 Å². The number of nitrogens with one attached hydrogen (secondary N) is 1. The average molecular weight is 303 g/mol. The number of rotatable bonds is 3. The van der Waals surface area contributed by atoms with Crippen molar-refractivity contribution in [3.05, 3.63) is 24.3 Å². The van der Waals surface area contributed by atoms with E-state index in [-0.39, 0.29) is 5.41 Å². The van der Waals surface area contributed by atoms with Crippen LogP contribution in [0.25, 0.3) is 0 Å². The minimum Gasteiger partial charge on any atom is -0.497 e. The molecule has 22 heavy (non-hydrogen) atoms. The number of benzene rings is 1. The van der Waals surface area contributed by atoms with Gasteiger partial charge in [0.2, 0.25) is 5.91 Å². The van der Waals surface area contributed by atoms with Gasteiger partial charge < -0.3 is 19.9 Å². The third kappa shape index (κ3) is 2.90. The Morgan fingerprint density at radius 3 is 2.68 bits per heavy atom. The van der Waals surface area contributed by atoms with Gasteiger partial charge in [-0.1, -0.05) is 6.07 Å². The summed E-state index contributed by atoms with van der Waals surface area (Å²) in [4.78, 5) is 17.1. The Bertz CT molecular complexity index is 532. The summed E-state index contributed by atoms with van der Waals surface area (Å²) in [6.45, 7) is 7.19. The highest BCUT2D eigenvalue weighted by atomic mass is 16.5. The zero-order valence-corrected chi connectivity index (χ0v) is 13.5. The fraction of sp³-hybridized carbons (Fsp3) is 0.588. The van der Waals surface area contributed by atoms with E-state index in [1.165, 1.54) is 5.69 Å². The lowest BCUT2D eigenvalue weighted by molar-refractivity contribution is -0.140. The zero-order chi connectivity index (χ0) is 15.6. The molecule has 2 saturated heterocycles. The van der Waals surface area contributed by atoms with Crippen molar-refractivity contribution in [1.82, 2.24) is 10.2 Å². The molecule has 1 aromatic carbocycles. The molecular weight excluding hydrogens is 278 g/mol. The first kappa shape index (κ1) is 15.2. The summed E-state index contributed by atoms with van der Waals surface area (Å²) < 4.78 is 5.29. The van der Waals surface area contributed by atoms with Crippen LogP contribution in [-0.2, 0) is 4.79 Å². The molecule has 0 aromatic heterocycles. The van der Waals surface area contributed by atoms with Crippen LogP contribution < -0.4 is 15.0 Å². The molecule has 1 atom stereocenters. The van der Waals surface area contributed by atoms with Crippen molar-refractivity contribution in [2.45, 2.75) is 13.3 Å². The first-order valence-corrected chi connectivity index (χ1v) is 8.01. The van der Waals surface area contributed by atoms with Gasteiger partial charge in [-0.05, 0) is 32.0 Å². The Morgan fingerprint density at radius 1 is 1.27 bits per heavy atom. The normalized spacial score (nSPS) is 25.4. The number of ether oxygens (including phenoxy) is 1. The largest absolute Gasteiger partial charge is 0.497 e. The van der Waals surface area contributed by atoms with Crippen LogP contribution in [-0.4, -0.2) is 57.2 Å². The molecule has 1 unspecified atom stereocenters. The van der Waals surface area contributed by atoms with E-state index in [9.17, 15) is 4.79 Å². The third-order valence-corrected chi connectivity index (χ3v) is 4.87. The number of methoxy groups -OCH3 is 1. The molecule has 2 aliphatic heterocycles. The number of anilines is 1. The quantitative estimate of drug-likeness (QED) is 0.915. The Kier molecular flexibility index (Phi) is 4.25. The first-order chi connectivity index (χ1) is 10.6. The van der Waals surface area contributed by atoms with Crippen molar-refractivity contribution >= 4 is 11.6 Å². The number of carbonyl (C=O) groups excluding carboxylic acids is 1. The third-order valence-electron chi connectivity index (χ3n) is 4.87. The molecule has 120 valence electrons. The van der Waals surface area contributed by atoms with E-state index in [2.05, 4.69) is 29.3 Å². The van der Waals surface area contributed by atoms with E-state index < -0.39 is 0 Å². The van der Waals surface area contributed by atoms with E-state index in [1.807, 2.05) is 17.0 Å². The molecule has 0 bridgehead atoms. The van der Waals surface area contributed by atoms with Gasteiger partial charge in [0.25, 0.3) is 0 Å². The van der Waals surface area contributed by atoms with Gasteiger partial charge in [0, 0.05) is 44.5 Å². The summed E-state index contributed by atoms with van der Waals surface area (Å²) in [6.07, 6.45) is 0.946. The SMILES string of the molecule is COc1cccc(N2CCN(C(=O)C3(C)CCNC3)CC2)c1. The lowest BCUT2D eigenvalue weighted by Crippen LogP contribution is -2.53. The molecule has 5 nitrogen and oxygen atoms in total. The molecule has 3 rings (SSSR count). The van der Waals surface area contributed by atoms with Crippen LogP contribution in [0.5, 0.6) is 5.75 Å². The average Bonchev–Trinajstić information content (AvgIpc) is 3.02. The van der Waals surface area contributed by atoms with Crippen molar-refractivity contribution in [1.29, 1.82) is 0 Å². The van der Waals surface area contributed by atoms with E-state index >= 15 is 0 Å². The lowest BCUT2D eigenvalue weighted by atomic mass is 9.88. The Morgan fingerprint density at radius 2 is 2.05 bits per heavy atom. The topological polar surface area (TPSA) is 44.8 Å². The molecule has 0 spiro atoms. The summed E-state index contributed by atoms with van der Waals surface area (Å²) in [6, 6.07) is 8.12. The van der Waals surface area contributed by atoms with Crippen LogP contribution in [0.2, 0.25) is 0 Å². The van der Waals surface area contributed by atoms with E-state index in [0.717, 1.165) is 51.4 Å². The number of nitrogens with zero attached hydrogens (tertiary/aromatic N) is 2. The van der Waals surface area contributed by atoms with E-state index in [1.54, 1.807) is 7.11 Å². The fourth-order valence-electron chi connectivity index (χ4n) is 3.36. The van der Waals surface area contributed by atoms with Gasteiger partial charge >= 0.3 is 0 Å². The summed E-state index contributed by atoms with van der Waals surface area (Å²) in [7, 11) is 1.69. The minimum atomic E-state index is -0.210. The highest BCUT2D eigenvalue weighted by Gasteiger charge is 2.39. The molecular formula is C17H25N3O2. The Balaban J connectivity index is 1.61. The van der Waals surface area contributed by atoms with E-state index in [4.69, 9.17) is 4.74 Å². The second-order valence-corrected chi connectivity index (χ2v) is 6.47. The van der Waals surface area contributed by atoms with Crippen molar-refractivity contribution in [2.24, 2.45) is 5.41 Å². The zero-order valence-electron chi connectivity index (χ0n) is 13.5. The number of piperazine rings is 1. The van der Waals surface area contributed by atoms with Crippen LogP contribution >= 0.6 is 0 Å². The molecule has 0 saturated carbocycles. The van der Waals surface area contributed by atoms with Crippen LogP contribution in [0.4, 0.5) is 5.69 Å². The molecule has 2 fully saturated rings. The molecule has 1 aromatic rings. The van der Waals surface area contributed by atoms with Gasteiger partial charge in [-0.25, -0.2) is 0 Å². The molecule has 1 amide bonds. The van der Waals surface area contributed by atoms with Crippen molar-refractivity contribution < 1.29 is 9.53 Å². The monoisotopic (exact) mass is 303 g/mol. The maximum Gasteiger partial charge on any atom is 0.229 e. The molecule has 0 radical (unpaired) electrons. The maximum absolute atomic E-state index is 12.7. The summed E-state index contributed by atoms with van der Waals surface area (Å²) in [5.74, 6) is 1.18. The second-order valence-electron chi connectivity index (χ2n) is 6.47. The minimum absolute atomic E-state index is 0.210. The van der Waals surface area contributed by atoms with Crippen molar-refractivity contribution in [3.63, 3.8) is 0 Å². The van der Waals surface area contributed by atoms with Gasteiger partial charge in [-0.15, -0.1) is 0 Å². The second kappa shape index (κ2) is 6.16. The predicted molar refractivity (Wildman–Crippen MR) is 87.4 cm³/mol. The molecule has 2 heterocycles. The van der Waals surface area contributed by atoms with Gasteiger partial charge in [-0.3, -0.25) is 4.79 Å². The highest BCUT2D eigenvalue weighted by molar-refractivity contribution is 5.83. The summed E-state index contributed by atoms with van der Waals surface area (Å²) >= 11 is 0. The predicted octanol–water partition coefficient (Wildman–Crippen LogP) is 1.34. The van der Waals surface area contributed by atoms with Crippen molar-refractivity contribution in [3.8, 4) is 5.75 Å². The molecule has 2 aliphatic rings. The molecule has 0 aliphatic carbocycles. The van der Waals surface area contributed by atoms with Crippen LogP contribution in [0.3, 0.4) is 0 Å². The van der Waals surface area contributed by atoms with Gasteiger partial charge in [0.1, 0.15) is 5.75 Å². The van der Waals surface area contributed by atoms with Crippen LogP contribution in [0.15, 0.2) is 24.3 Å². The first-order valence-electron chi connectivity index (χ1n) is 8.01. The number of amides is 1. The number of hydrogen-bond acceptors (Lipinski definition) is 4. The number of hydrogen-bond donors (Lipinski definition) is 1. The van der Waals surface area contributed by atoms with E-state index in [0.29, 0.717) is 5.91 Å². The van der Waals surface area contributed by atoms with Gasteiger partial charge in [0.15, 0.2) is 0 Å². The Labute approximate surface area is 132 Å². The lowest BCUT2D eigenvalue weighted by Gasteiger charge is -2.39. The number of carbonyl (C=O) groups is 1. The van der Waals surface area contributed by atoms with Crippen molar-refractivity contribution in [2.75, 3.05) is 51.3 Å².